The molecule has 0 saturated carbocycles. The van der Waals surface area contributed by atoms with E-state index in [1.807, 2.05) is 44.1 Å². The van der Waals surface area contributed by atoms with Gasteiger partial charge in [0.1, 0.15) is 0 Å². The number of amides is 1. The largest absolute Gasteiger partial charge is 0.376 e. The molecule has 0 aliphatic rings. The highest BCUT2D eigenvalue weighted by Crippen LogP contribution is 2.19. The summed E-state index contributed by atoms with van der Waals surface area (Å²) in [5.74, 6) is -0.0174. The second-order valence-electron chi connectivity index (χ2n) is 4.47. The Labute approximate surface area is 113 Å². The molecule has 0 unspecified atom stereocenters. The smallest absolute Gasteiger partial charge is 0.239 e. The summed E-state index contributed by atoms with van der Waals surface area (Å²) in [5.41, 5.74) is 1.96. The van der Waals surface area contributed by atoms with Crippen molar-refractivity contribution in [2.24, 2.45) is 0 Å². The molecule has 0 saturated heterocycles. The highest BCUT2D eigenvalue weighted by atomic mass is 35.5. The van der Waals surface area contributed by atoms with Crippen LogP contribution in [0.1, 0.15) is 5.56 Å². The summed E-state index contributed by atoms with van der Waals surface area (Å²) >= 11 is 5.90. The average Bonchev–Trinajstić information content (AvgIpc) is 2.30. The van der Waals surface area contributed by atoms with Gasteiger partial charge < -0.3 is 15.5 Å². The molecule has 0 heterocycles. The van der Waals surface area contributed by atoms with Crippen molar-refractivity contribution in [3.63, 3.8) is 0 Å². The van der Waals surface area contributed by atoms with Crippen LogP contribution in [-0.2, 0) is 4.79 Å². The lowest BCUT2D eigenvalue weighted by Gasteiger charge is -2.12. The highest BCUT2D eigenvalue weighted by Gasteiger charge is 2.03. The lowest BCUT2D eigenvalue weighted by atomic mass is 10.2. The van der Waals surface area contributed by atoms with Crippen LogP contribution in [0.15, 0.2) is 18.2 Å². The number of rotatable bonds is 6. The zero-order valence-electron chi connectivity index (χ0n) is 11.1. The molecular formula is C13H20ClN3O. The fourth-order valence-corrected chi connectivity index (χ4v) is 1.61. The number of hydrogen-bond donors (Lipinski definition) is 2. The number of nitrogens with zero attached hydrogens (tertiary/aromatic N) is 1. The Kier molecular flexibility index (Phi) is 5.95. The minimum Gasteiger partial charge on any atom is -0.376 e. The van der Waals surface area contributed by atoms with Crippen molar-refractivity contribution in [1.29, 1.82) is 0 Å². The molecule has 1 rings (SSSR count). The molecule has 0 bridgehead atoms. The molecule has 0 atom stereocenters. The van der Waals surface area contributed by atoms with E-state index in [1.54, 1.807) is 0 Å². The van der Waals surface area contributed by atoms with E-state index in [2.05, 4.69) is 10.6 Å². The van der Waals surface area contributed by atoms with E-state index in [4.69, 9.17) is 11.6 Å². The number of carbonyl (C=O) groups excluding carboxylic acids is 1. The Morgan fingerprint density at radius 1 is 1.39 bits per heavy atom. The number of benzene rings is 1. The van der Waals surface area contributed by atoms with Crippen molar-refractivity contribution < 1.29 is 4.79 Å². The summed E-state index contributed by atoms with van der Waals surface area (Å²) in [6, 6.07) is 5.58. The van der Waals surface area contributed by atoms with Crippen LogP contribution in [-0.4, -0.2) is 44.5 Å². The van der Waals surface area contributed by atoms with Crippen LogP contribution in [0.5, 0.6) is 0 Å². The number of aryl methyl sites for hydroxylation is 1. The second-order valence-corrected chi connectivity index (χ2v) is 4.90. The Hall–Kier alpha value is -1.26. The molecular weight excluding hydrogens is 250 g/mol. The van der Waals surface area contributed by atoms with Gasteiger partial charge in [0.15, 0.2) is 0 Å². The van der Waals surface area contributed by atoms with Gasteiger partial charge in [-0.1, -0.05) is 17.7 Å². The van der Waals surface area contributed by atoms with Crippen LogP contribution in [0.25, 0.3) is 0 Å². The van der Waals surface area contributed by atoms with Crippen molar-refractivity contribution in [2.45, 2.75) is 6.92 Å². The number of carbonyl (C=O) groups is 1. The lowest BCUT2D eigenvalue weighted by Crippen LogP contribution is -2.35. The fourth-order valence-electron chi connectivity index (χ4n) is 1.44. The molecule has 1 amide bonds. The number of likely N-dealkylation sites (N-methyl/N-ethyl adjacent to an activating group) is 1. The molecule has 1 aromatic rings. The minimum atomic E-state index is -0.0174. The number of nitrogens with one attached hydrogen (secondary N) is 2. The van der Waals surface area contributed by atoms with Crippen LogP contribution in [0.2, 0.25) is 5.02 Å². The van der Waals surface area contributed by atoms with Gasteiger partial charge in [-0.3, -0.25) is 4.79 Å². The van der Waals surface area contributed by atoms with Crippen LogP contribution >= 0.6 is 11.6 Å². The van der Waals surface area contributed by atoms with Gasteiger partial charge in [0.05, 0.1) is 6.54 Å². The van der Waals surface area contributed by atoms with Gasteiger partial charge in [-0.05, 0) is 38.7 Å². The lowest BCUT2D eigenvalue weighted by molar-refractivity contribution is -0.119. The Balaban J connectivity index is 2.36. The summed E-state index contributed by atoms with van der Waals surface area (Å²) < 4.78 is 0. The molecule has 1 aromatic carbocycles. The number of halogens is 1. The van der Waals surface area contributed by atoms with Gasteiger partial charge in [0, 0.05) is 23.8 Å². The predicted octanol–water partition coefficient (Wildman–Crippen LogP) is 1.74. The van der Waals surface area contributed by atoms with Gasteiger partial charge in [0.2, 0.25) is 5.91 Å². The number of hydrogen-bond acceptors (Lipinski definition) is 3. The Morgan fingerprint density at radius 3 is 2.78 bits per heavy atom. The van der Waals surface area contributed by atoms with Crippen molar-refractivity contribution >= 4 is 23.2 Å². The first-order valence-corrected chi connectivity index (χ1v) is 6.28. The molecule has 0 fully saturated rings. The highest BCUT2D eigenvalue weighted by molar-refractivity contribution is 6.30. The van der Waals surface area contributed by atoms with Crippen molar-refractivity contribution in [1.82, 2.24) is 10.2 Å². The molecule has 0 radical (unpaired) electrons. The van der Waals surface area contributed by atoms with E-state index >= 15 is 0 Å². The zero-order chi connectivity index (χ0) is 13.5. The maximum absolute atomic E-state index is 11.6. The predicted molar refractivity (Wildman–Crippen MR) is 76.2 cm³/mol. The summed E-state index contributed by atoms with van der Waals surface area (Å²) in [6.07, 6.45) is 0. The van der Waals surface area contributed by atoms with E-state index in [9.17, 15) is 4.79 Å². The van der Waals surface area contributed by atoms with Crippen molar-refractivity contribution in [3.05, 3.63) is 28.8 Å². The molecule has 0 spiro atoms. The maximum atomic E-state index is 11.6. The summed E-state index contributed by atoms with van der Waals surface area (Å²) in [6.45, 7) is 3.72. The molecule has 0 aliphatic heterocycles. The van der Waals surface area contributed by atoms with Gasteiger partial charge in [0.25, 0.3) is 0 Å². The van der Waals surface area contributed by atoms with Crippen LogP contribution in [0.4, 0.5) is 5.69 Å². The molecule has 100 valence electrons. The normalized spacial score (nSPS) is 10.5. The zero-order valence-corrected chi connectivity index (χ0v) is 11.8. The van der Waals surface area contributed by atoms with Gasteiger partial charge in [-0.2, -0.15) is 0 Å². The maximum Gasteiger partial charge on any atom is 0.239 e. The van der Waals surface area contributed by atoms with Crippen LogP contribution in [0, 0.1) is 6.92 Å². The topological polar surface area (TPSA) is 44.4 Å². The third-order valence-electron chi connectivity index (χ3n) is 2.52. The van der Waals surface area contributed by atoms with Crippen molar-refractivity contribution in [2.75, 3.05) is 39.0 Å². The van der Waals surface area contributed by atoms with Gasteiger partial charge in [-0.25, -0.2) is 0 Å². The third kappa shape index (κ3) is 5.38. The van der Waals surface area contributed by atoms with Crippen molar-refractivity contribution in [3.8, 4) is 0 Å². The quantitative estimate of drug-likeness (QED) is 0.827. The summed E-state index contributed by atoms with van der Waals surface area (Å²) in [7, 11) is 3.94. The van der Waals surface area contributed by atoms with E-state index < -0.39 is 0 Å². The Morgan fingerprint density at radius 2 is 2.11 bits per heavy atom. The van der Waals surface area contributed by atoms with E-state index in [-0.39, 0.29) is 12.5 Å². The monoisotopic (exact) mass is 269 g/mol. The summed E-state index contributed by atoms with van der Waals surface area (Å²) in [5, 5.41) is 6.59. The molecule has 0 aromatic heterocycles. The Bertz CT molecular complexity index is 407. The van der Waals surface area contributed by atoms with Crippen LogP contribution in [0.3, 0.4) is 0 Å². The molecule has 4 nitrogen and oxygen atoms in total. The van der Waals surface area contributed by atoms with Gasteiger partial charge in [-0.15, -0.1) is 0 Å². The minimum absolute atomic E-state index is 0.0174. The molecule has 2 N–H and O–H groups in total. The summed E-state index contributed by atoms with van der Waals surface area (Å²) in [4.78, 5) is 13.6. The van der Waals surface area contributed by atoms with E-state index in [1.165, 1.54) is 0 Å². The van der Waals surface area contributed by atoms with E-state index in [0.717, 1.165) is 17.8 Å². The first-order valence-electron chi connectivity index (χ1n) is 5.90. The standard InChI is InChI=1S/C13H20ClN3O/c1-10-4-5-11(14)8-12(10)16-9-13(18)15-6-7-17(2)3/h4-5,8,16H,6-7,9H2,1-3H3,(H,15,18). The number of anilines is 1. The fraction of sp³-hybridized carbons (Fsp3) is 0.462. The first-order chi connectivity index (χ1) is 8.49. The van der Waals surface area contributed by atoms with Crippen LogP contribution < -0.4 is 10.6 Å². The van der Waals surface area contributed by atoms with E-state index in [0.29, 0.717) is 11.6 Å². The van der Waals surface area contributed by atoms with Gasteiger partial charge >= 0.3 is 0 Å². The molecule has 0 aliphatic carbocycles. The average molecular weight is 270 g/mol. The second kappa shape index (κ2) is 7.24. The molecule has 5 heteroatoms. The first kappa shape index (κ1) is 14.8. The third-order valence-corrected chi connectivity index (χ3v) is 2.76. The molecule has 18 heavy (non-hydrogen) atoms. The SMILES string of the molecule is Cc1ccc(Cl)cc1NCC(=O)NCCN(C)C.